The van der Waals surface area contributed by atoms with E-state index in [1.807, 2.05) is 0 Å². The Balaban J connectivity index is 2.17. The van der Waals surface area contributed by atoms with Crippen LogP contribution in [0.4, 0.5) is 0 Å². The van der Waals surface area contributed by atoms with Crippen LogP contribution in [0.15, 0.2) is 0 Å². The first-order valence-electron chi connectivity index (χ1n) is 3.92. The lowest BCUT2D eigenvalue weighted by Gasteiger charge is -2.25. The summed E-state index contributed by atoms with van der Waals surface area (Å²) in [4.78, 5) is 0. The van der Waals surface area contributed by atoms with E-state index in [2.05, 4.69) is 6.42 Å². The van der Waals surface area contributed by atoms with Crippen LogP contribution in [0.3, 0.4) is 0 Å². The quantitative estimate of drug-likeness (QED) is 0.594. The molecule has 2 N–H and O–H groups in total. The summed E-state index contributed by atoms with van der Waals surface area (Å²) in [5, 5.41) is 17.5. The largest absolute Gasteiger partial charge is 0.396 e. The fourth-order valence-electron chi connectivity index (χ4n) is 1.40. The van der Waals surface area contributed by atoms with Gasteiger partial charge in [0.05, 0.1) is 0 Å². The summed E-state index contributed by atoms with van der Waals surface area (Å²) < 4.78 is 0. The second kappa shape index (κ2) is 3.94. The van der Waals surface area contributed by atoms with Gasteiger partial charge < -0.3 is 10.2 Å². The molecule has 1 rings (SSSR count). The first-order valence-corrected chi connectivity index (χ1v) is 3.92. The minimum Gasteiger partial charge on any atom is -0.396 e. The lowest BCUT2D eigenvalue weighted by Crippen LogP contribution is -2.19. The van der Waals surface area contributed by atoms with E-state index in [1.165, 1.54) is 0 Å². The van der Waals surface area contributed by atoms with Gasteiger partial charge in [-0.1, -0.05) is 0 Å². The molecule has 0 amide bonds. The summed E-state index contributed by atoms with van der Waals surface area (Å²) in [5.41, 5.74) is 0. The molecule has 1 radical (unpaired) electrons. The van der Waals surface area contributed by atoms with Gasteiger partial charge in [0.25, 0.3) is 0 Å². The molecule has 0 aliphatic heterocycles. The molecule has 1 fully saturated rings. The standard InChI is InChI=1S/C8H15O2/c9-5-7-1-2-8(6-10)4-3-7/h1,7-10H,2-6H2. The van der Waals surface area contributed by atoms with Crippen LogP contribution in [-0.4, -0.2) is 23.4 Å². The van der Waals surface area contributed by atoms with Gasteiger partial charge in [0.15, 0.2) is 0 Å². The zero-order chi connectivity index (χ0) is 7.40. The van der Waals surface area contributed by atoms with Crippen molar-refractivity contribution >= 4 is 0 Å². The Morgan fingerprint density at radius 3 is 2.40 bits per heavy atom. The highest BCUT2D eigenvalue weighted by Crippen LogP contribution is 2.26. The first kappa shape index (κ1) is 8.02. The normalized spacial score (nSPS) is 34.2. The SMILES string of the molecule is OCC1[CH]CC(CO)CC1. The van der Waals surface area contributed by atoms with Crippen molar-refractivity contribution in [3.63, 3.8) is 0 Å². The van der Waals surface area contributed by atoms with Crippen molar-refractivity contribution < 1.29 is 10.2 Å². The Hall–Kier alpha value is -0.0800. The third-order valence-electron chi connectivity index (χ3n) is 2.24. The molecule has 0 aromatic heterocycles. The highest BCUT2D eigenvalue weighted by atomic mass is 16.3. The highest BCUT2D eigenvalue weighted by Gasteiger charge is 2.19. The molecule has 1 aliphatic carbocycles. The molecule has 1 saturated carbocycles. The third kappa shape index (κ3) is 1.96. The topological polar surface area (TPSA) is 40.5 Å². The lowest BCUT2D eigenvalue weighted by molar-refractivity contribution is 0.162. The van der Waals surface area contributed by atoms with Crippen LogP contribution < -0.4 is 0 Å². The predicted octanol–water partition coefficient (Wildman–Crippen LogP) is 0.592. The summed E-state index contributed by atoms with van der Waals surface area (Å²) in [6, 6.07) is 0. The smallest absolute Gasteiger partial charge is 0.0462 e. The number of rotatable bonds is 2. The number of aliphatic hydroxyl groups is 2. The Labute approximate surface area is 61.9 Å². The van der Waals surface area contributed by atoms with Gasteiger partial charge in [0, 0.05) is 13.2 Å². The highest BCUT2D eigenvalue weighted by molar-refractivity contribution is 4.84. The molecule has 0 bridgehead atoms. The molecular formula is C8H15O2. The van der Waals surface area contributed by atoms with E-state index in [0.717, 1.165) is 19.3 Å². The van der Waals surface area contributed by atoms with Crippen molar-refractivity contribution in [3.8, 4) is 0 Å². The molecule has 2 nitrogen and oxygen atoms in total. The minimum atomic E-state index is 0.276. The van der Waals surface area contributed by atoms with Crippen LogP contribution in [0, 0.1) is 18.3 Å². The molecule has 1 aliphatic rings. The Morgan fingerprint density at radius 1 is 1.20 bits per heavy atom. The fraction of sp³-hybridized carbons (Fsp3) is 0.875. The maximum atomic E-state index is 8.77. The third-order valence-corrected chi connectivity index (χ3v) is 2.24. The van der Waals surface area contributed by atoms with E-state index in [9.17, 15) is 0 Å². The summed E-state index contributed by atoms with van der Waals surface area (Å²) in [6.07, 6.45) is 5.21. The number of hydrogen-bond donors (Lipinski definition) is 2. The molecule has 2 heteroatoms. The Bertz CT molecular complexity index is 73.3. The van der Waals surface area contributed by atoms with E-state index in [1.54, 1.807) is 0 Å². The van der Waals surface area contributed by atoms with Crippen LogP contribution in [0.2, 0.25) is 0 Å². The van der Waals surface area contributed by atoms with E-state index < -0.39 is 0 Å². The monoisotopic (exact) mass is 143 g/mol. The van der Waals surface area contributed by atoms with Gasteiger partial charge in [-0.2, -0.15) is 0 Å². The Morgan fingerprint density at radius 2 is 2.00 bits per heavy atom. The fourth-order valence-corrected chi connectivity index (χ4v) is 1.40. The van der Waals surface area contributed by atoms with Crippen LogP contribution in [-0.2, 0) is 0 Å². The zero-order valence-corrected chi connectivity index (χ0v) is 6.16. The predicted molar refractivity (Wildman–Crippen MR) is 39.3 cm³/mol. The van der Waals surface area contributed by atoms with Crippen LogP contribution in [0.5, 0.6) is 0 Å². The molecule has 0 aromatic carbocycles. The number of aliphatic hydroxyl groups excluding tert-OH is 2. The summed E-state index contributed by atoms with van der Waals surface area (Å²) in [7, 11) is 0. The van der Waals surface area contributed by atoms with Crippen molar-refractivity contribution in [2.45, 2.75) is 19.3 Å². The Kier molecular flexibility index (Phi) is 3.16. The summed E-state index contributed by atoms with van der Waals surface area (Å²) in [6.45, 7) is 0.576. The second-order valence-electron chi connectivity index (χ2n) is 3.04. The molecule has 2 unspecified atom stereocenters. The van der Waals surface area contributed by atoms with E-state index in [-0.39, 0.29) is 6.61 Å². The summed E-state index contributed by atoms with van der Waals surface area (Å²) in [5.74, 6) is 0.852. The average Bonchev–Trinajstić information content (AvgIpc) is 2.05. The van der Waals surface area contributed by atoms with Crippen LogP contribution in [0.25, 0.3) is 0 Å². The van der Waals surface area contributed by atoms with Crippen molar-refractivity contribution in [2.75, 3.05) is 13.2 Å². The summed E-state index contributed by atoms with van der Waals surface area (Å²) >= 11 is 0. The molecule has 2 atom stereocenters. The lowest BCUT2D eigenvalue weighted by atomic mass is 9.83. The van der Waals surface area contributed by atoms with Gasteiger partial charge in [0.2, 0.25) is 0 Å². The molecule has 59 valence electrons. The molecule has 0 spiro atoms. The van der Waals surface area contributed by atoms with Gasteiger partial charge in [0.1, 0.15) is 0 Å². The molecular weight excluding hydrogens is 128 g/mol. The maximum absolute atomic E-state index is 8.77. The second-order valence-corrected chi connectivity index (χ2v) is 3.04. The van der Waals surface area contributed by atoms with E-state index in [4.69, 9.17) is 10.2 Å². The number of hydrogen-bond acceptors (Lipinski definition) is 2. The van der Waals surface area contributed by atoms with E-state index >= 15 is 0 Å². The van der Waals surface area contributed by atoms with Gasteiger partial charge in [-0.3, -0.25) is 0 Å². The van der Waals surface area contributed by atoms with Crippen molar-refractivity contribution in [1.82, 2.24) is 0 Å². The van der Waals surface area contributed by atoms with Crippen LogP contribution in [0.1, 0.15) is 19.3 Å². The van der Waals surface area contributed by atoms with Gasteiger partial charge in [-0.25, -0.2) is 0 Å². The van der Waals surface area contributed by atoms with Gasteiger partial charge in [-0.15, -0.1) is 0 Å². The van der Waals surface area contributed by atoms with Crippen molar-refractivity contribution in [3.05, 3.63) is 6.42 Å². The van der Waals surface area contributed by atoms with Crippen molar-refractivity contribution in [1.29, 1.82) is 0 Å². The van der Waals surface area contributed by atoms with Gasteiger partial charge >= 0.3 is 0 Å². The first-order chi connectivity index (χ1) is 4.86. The zero-order valence-electron chi connectivity index (χ0n) is 6.16. The molecule has 0 saturated heterocycles. The molecule has 10 heavy (non-hydrogen) atoms. The van der Waals surface area contributed by atoms with E-state index in [0.29, 0.717) is 18.4 Å². The maximum Gasteiger partial charge on any atom is 0.0462 e. The minimum absolute atomic E-state index is 0.276. The average molecular weight is 143 g/mol. The van der Waals surface area contributed by atoms with Gasteiger partial charge in [-0.05, 0) is 37.5 Å². The van der Waals surface area contributed by atoms with Crippen molar-refractivity contribution in [2.24, 2.45) is 11.8 Å². The molecule has 0 heterocycles. The van der Waals surface area contributed by atoms with Crippen LogP contribution >= 0.6 is 0 Å². The molecule has 0 aromatic rings.